The van der Waals surface area contributed by atoms with Crippen LogP contribution >= 0.6 is 0 Å². The standard InChI is InChI=1S/C65H68O13/c66-56(69-40-48-25-10-2-11-26-48)37-22-38-68-64-61(72-43-51-31-16-5-17-32-51)59(70-41-49-27-12-3-13-28-49)57(54(75-64)45-67-39-47-23-8-1-9-24-47)78-65-62(73-44-52-33-18-6-19-34-52)60(71-42-50-29-14-4-15-30-50)58-55(76-65)46-74-63(77-58)53-35-20-7-21-36-53/h1-21,23-36,54-55,57-65H,22,37-46H2/t54?,55?,57-,58-,59+,60-,61?,62?,63?,64+,65-/m0/s1. The van der Waals surface area contributed by atoms with Crippen LogP contribution in [0.15, 0.2) is 212 Å². The van der Waals surface area contributed by atoms with Crippen molar-refractivity contribution in [3.63, 3.8) is 0 Å². The van der Waals surface area contributed by atoms with Crippen molar-refractivity contribution in [3.05, 3.63) is 251 Å². The van der Waals surface area contributed by atoms with Crippen molar-refractivity contribution in [3.8, 4) is 0 Å². The Bertz CT molecular complexity index is 2780. The van der Waals surface area contributed by atoms with Crippen molar-refractivity contribution in [2.24, 2.45) is 0 Å². The monoisotopic (exact) mass is 1060 g/mol. The van der Waals surface area contributed by atoms with Crippen molar-refractivity contribution in [1.29, 1.82) is 0 Å². The largest absolute Gasteiger partial charge is 0.461 e. The van der Waals surface area contributed by atoms with E-state index in [4.69, 9.17) is 56.8 Å². The fourth-order valence-electron chi connectivity index (χ4n) is 9.79. The van der Waals surface area contributed by atoms with Gasteiger partial charge >= 0.3 is 5.97 Å². The van der Waals surface area contributed by atoms with E-state index < -0.39 is 67.7 Å². The molecule has 3 aliphatic rings. The molecule has 0 N–H and O–H groups in total. The molecule has 406 valence electrons. The fourth-order valence-corrected chi connectivity index (χ4v) is 9.79. The van der Waals surface area contributed by atoms with Gasteiger partial charge in [-0.05, 0) is 39.8 Å². The molecule has 13 nitrogen and oxygen atoms in total. The molecule has 78 heavy (non-hydrogen) atoms. The first kappa shape index (κ1) is 54.9. The van der Waals surface area contributed by atoms with Crippen molar-refractivity contribution in [2.75, 3.05) is 19.8 Å². The average molecular weight is 1060 g/mol. The van der Waals surface area contributed by atoms with Gasteiger partial charge in [0.1, 0.15) is 55.4 Å². The molecule has 0 radical (unpaired) electrons. The van der Waals surface area contributed by atoms with E-state index in [1.54, 1.807) is 0 Å². The van der Waals surface area contributed by atoms with Crippen LogP contribution in [0.3, 0.4) is 0 Å². The quantitative estimate of drug-likeness (QED) is 0.0377. The maximum absolute atomic E-state index is 13.0. The predicted octanol–water partition coefficient (Wildman–Crippen LogP) is 11.0. The van der Waals surface area contributed by atoms with E-state index in [0.29, 0.717) is 13.0 Å². The highest BCUT2D eigenvalue weighted by Crippen LogP contribution is 2.40. The van der Waals surface area contributed by atoms with Crippen LogP contribution in [0, 0.1) is 0 Å². The van der Waals surface area contributed by atoms with E-state index in [1.807, 2.05) is 212 Å². The molecule has 11 atom stereocenters. The topological polar surface area (TPSA) is 128 Å². The lowest BCUT2D eigenvalue weighted by Crippen LogP contribution is -2.67. The molecular weight excluding hydrogens is 989 g/mol. The molecule has 0 amide bonds. The molecule has 13 heteroatoms. The third-order valence-corrected chi connectivity index (χ3v) is 13.8. The Hall–Kier alpha value is -6.43. The number of fused-ring (bicyclic) bond motifs is 1. The Morgan fingerprint density at radius 2 is 0.859 bits per heavy atom. The van der Waals surface area contributed by atoms with Gasteiger partial charge in [0.2, 0.25) is 0 Å². The van der Waals surface area contributed by atoms with Gasteiger partial charge in [0.15, 0.2) is 18.9 Å². The van der Waals surface area contributed by atoms with Crippen LogP contribution < -0.4 is 0 Å². The number of hydrogen-bond acceptors (Lipinski definition) is 13. The number of carbonyl (C=O) groups is 1. The second-order valence-corrected chi connectivity index (χ2v) is 19.5. The molecule has 7 aromatic carbocycles. The summed E-state index contributed by atoms with van der Waals surface area (Å²) in [5.41, 5.74) is 6.57. The highest BCUT2D eigenvalue weighted by atomic mass is 16.8. The summed E-state index contributed by atoms with van der Waals surface area (Å²) in [5, 5.41) is 0. The maximum atomic E-state index is 13.0. The highest BCUT2D eigenvalue weighted by molar-refractivity contribution is 5.69. The summed E-state index contributed by atoms with van der Waals surface area (Å²) in [6.07, 6.45) is -8.67. The van der Waals surface area contributed by atoms with Gasteiger partial charge in [-0.15, -0.1) is 0 Å². The minimum Gasteiger partial charge on any atom is -0.461 e. The maximum Gasteiger partial charge on any atom is 0.306 e. The van der Waals surface area contributed by atoms with E-state index in [0.717, 1.165) is 38.9 Å². The first-order valence-corrected chi connectivity index (χ1v) is 26.9. The van der Waals surface area contributed by atoms with E-state index in [1.165, 1.54) is 0 Å². The smallest absolute Gasteiger partial charge is 0.306 e. The summed E-state index contributed by atoms with van der Waals surface area (Å²) in [6, 6.07) is 69.3. The molecule has 3 fully saturated rings. The lowest BCUT2D eigenvalue weighted by molar-refractivity contribution is -0.397. The molecule has 7 aromatic rings. The van der Waals surface area contributed by atoms with Crippen LogP contribution in [-0.4, -0.2) is 87.2 Å². The number of carbonyl (C=O) groups excluding carboxylic acids is 1. The Morgan fingerprint density at radius 3 is 1.37 bits per heavy atom. The Labute approximate surface area is 457 Å². The number of hydrogen-bond donors (Lipinski definition) is 0. The van der Waals surface area contributed by atoms with Crippen LogP contribution in [0.5, 0.6) is 0 Å². The van der Waals surface area contributed by atoms with Gasteiger partial charge in [-0.25, -0.2) is 0 Å². The zero-order valence-electron chi connectivity index (χ0n) is 43.6. The molecule has 3 heterocycles. The van der Waals surface area contributed by atoms with Gasteiger partial charge in [-0.1, -0.05) is 212 Å². The van der Waals surface area contributed by atoms with Crippen LogP contribution in [0.4, 0.5) is 0 Å². The van der Waals surface area contributed by atoms with Crippen molar-refractivity contribution in [2.45, 2.75) is 120 Å². The van der Waals surface area contributed by atoms with Crippen LogP contribution in [0.2, 0.25) is 0 Å². The van der Waals surface area contributed by atoms with Gasteiger partial charge in [-0.3, -0.25) is 4.79 Å². The number of rotatable bonds is 26. The molecule has 5 unspecified atom stereocenters. The summed E-state index contributed by atoms with van der Waals surface area (Å²) >= 11 is 0. The van der Waals surface area contributed by atoms with E-state index in [2.05, 4.69) is 0 Å². The lowest BCUT2D eigenvalue weighted by Gasteiger charge is -2.51. The second kappa shape index (κ2) is 29.0. The molecule has 0 saturated carbocycles. The Balaban J connectivity index is 0.987. The molecule has 0 spiro atoms. The van der Waals surface area contributed by atoms with Crippen molar-refractivity contribution < 1.29 is 61.6 Å². The summed E-state index contributed by atoms with van der Waals surface area (Å²) in [7, 11) is 0. The highest BCUT2D eigenvalue weighted by Gasteiger charge is 2.56. The van der Waals surface area contributed by atoms with Crippen LogP contribution in [0.1, 0.15) is 58.1 Å². The molecule has 3 saturated heterocycles. The zero-order valence-corrected chi connectivity index (χ0v) is 43.6. The van der Waals surface area contributed by atoms with Gasteiger partial charge < -0.3 is 56.8 Å². The molecule has 10 rings (SSSR count). The minimum atomic E-state index is -1.10. The average Bonchev–Trinajstić information content (AvgIpc) is 3.57. The van der Waals surface area contributed by atoms with Gasteiger partial charge in [0, 0.05) is 12.0 Å². The molecule has 0 bridgehead atoms. The van der Waals surface area contributed by atoms with Gasteiger partial charge in [-0.2, -0.15) is 0 Å². The summed E-state index contributed by atoms with van der Waals surface area (Å²) in [5.74, 6) is -0.331. The van der Waals surface area contributed by atoms with E-state index in [-0.39, 0.29) is 65.2 Å². The third kappa shape index (κ3) is 15.7. The van der Waals surface area contributed by atoms with Crippen molar-refractivity contribution >= 4 is 5.97 Å². The van der Waals surface area contributed by atoms with Crippen molar-refractivity contribution in [1.82, 2.24) is 0 Å². The first-order valence-electron chi connectivity index (χ1n) is 26.9. The SMILES string of the molecule is O=C(CCCO[C@@H]1OC(COCc2ccccc2)[C@H](O[C@@H]2OC3COC(c4ccccc4)O[C@@H]3[C@H](OCc3ccccc3)C2OCc2ccccc2)[C@@H](OCc2ccccc2)C1OCc1ccccc1)OCc1ccccc1. The molecule has 3 aliphatic heterocycles. The summed E-state index contributed by atoms with van der Waals surface area (Å²) in [6.45, 7) is 1.76. The Morgan fingerprint density at radius 1 is 0.423 bits per heavy atom. The molecular formula is C65H68O13. The van der Waals surface area contributed by atoms with E-state index >= 15 is 0 Å². The van der Waals surface area contributed by atoms with Gasteiger partial charge in [0.25, 0.3) is 0 Å². The lowest BCUT2D eigenvalue weighted by atomic mass is 9.95. The zero-order chi connectivity index (χ0) is 53.0. The normalized spacial score (nSPS) is 24.9. The second-order valence-electron chi connectivity index (χ2n) is 19.5. The first-order chi connectivity index (χ1) is 38.6. The summed E-state index contributed by atoms with van der Waals surface area (Å²) in [4.78, 5) is 13.0. The fraction of sp³-hybridized carbons (Fsp3) is 0.338. The number of esters is 1. The van der Waals surface area contributed by atoms with Crippen LogP contribution in [0.25, 0.3) is 0 Å². The predicted molar refractivity (Wildman–Crippen MR) is 290 cm³/mol. The third-order valence-electron chi connectivity index (χ3n) is 13.8. The minimum absolute atomic E-state index is 0.0645. The van der Waals surface area contributed by atoms with Crippen LogP contribution in [-0.2, 0) is 101 Å². The molecule has 0 aliphatic carbocycles. The molecule has 0 aromatic heterocycles. The Kier molecular flexibility index (Phi) is 20.4. The van der Waals surface area contributed by atoms with E-state index in [9.17, 15) is 4.79 Å². The van der Waals surface area contributed by atoms with Gasteiger partial charge in [0.05, 0.1) is 52.9 Å². The number of benzene rings is 7. The number of ether oxygens (including phenoxy) is 12. The summed E-state index contributed by atoms with van der Waals surface area (Å²) < 4.78 is 81.9.